The Morgan fingerprint density at radius 1 is 0.652 bits per heavy atom. The summed E-state index contributed by atoms with van der Waals surface area (Å²) >= 11 is 0. The van der Waals surface area contributed by atoms with Crippen molar-refractivity contribution in [2.75, 3.05) is 6.54 Å². The van der Waals surface area contributed by atoms with Crippen LogP contribution in [0.2, 0.25) is 0 Å². The molecule has 14 heteroatoms. The topological polar surface area (TPSA) is 218 Å². The SMILES string of the molecule is CCCCCCCC(=O)NCCCCC(NC(=O)C(N)Cc1cn(C(c2ccccc2)c2ccccc2)cn1)C(=O)NC(Cc1ccc(C)cc1)C(=O)NC(Cc1ccc(O)cc1)C(=O)O. The molecule has 4 unspecified atom stereocenters. The first-order valence-corrected chi connectivity index (χ1v) is 23.0. The zero-order valence-electron chi connectivity index (χ0n) is 38.0. The molecular weight excluding hydrogens is 835 g/mol. The number of carbonyl (C=O) groups excluding carboxylic acids is 4. The molecule has 0 spiro atoms. The van der Waals surface area contributed by atoms with Crippen molar-refractivity contribution in [1.29, 1.82) is 0 Å². The van der Waals surface area contributed by atoms with Gasteiger partial charge in [0, 0.05) is 38.4 Å². The molecular formula is C52H65N7O7. The molecule has 350 valence electrons. The van der Waals surface area contributed by atoms with Gasteiger partial charge in [-0.15, -0.1) is 0 Å². The number of hydrogen-bond acceptors (Lipinski definition) is 8. The largest absolute Gasteiger partial charge is 0.508 e. The fraction of sp³-hybridized carbons (Fsp3) is 0.385. The first-order valence-electron chi connectivity index (χ1n) is 23.0. The van der Waals surface area contributed by atoms with Crippen molar-refractivity contribution in [1.82, 2.24) is 30.8 Å². The summed E-state index contributed by atoms with van der Waals surface area (Å²) in [5.74, 6) is -3.27. The molecule has 66 heavy (non-hydrogen) atoms. The third-order valence-electron chi connectivity index (χ3n) is 11.5. The molecule has 1 heterocycles. The van der Waals surface area contributed by atoms with E-state index in [-0.39, 0.29) is 43.4 Å². The quantitative estimate of drug-likeness (QED) is 0.0304. The number of amides is 4. The van der Waals surface area contributed by atoms with Crippen LogP contribution >= 0.6 is 0 Å². The molecule has 8 N–H and O–H groups in total. The van der Waals surface area contributed by atoms with Crippen molar-refractivity contribution in [3.8, 4) is 5.75 Å². The molecule has 0 fully saturated rings. The van der Waals surface area contributed by atoms with Crippen molar-refractivity contribution in [3.05, 3.63) is 155 Å². The minimum atomic E-state index is -1.35. The third-order valence-corrected chi connectivity index (χ3v) is 11.5. The summed E-state index contributed by atoms with van der Waals surface area (Å²) in [5, 5.41) is 31.0. The molecule has 14 nitrogen and oxygen atoms in total. The summed E-state index contributed by atoms with van der Waals surface area (Å²) in [4.78, 5) is 71.7. The number of imidazole rings is 1. The Hall–Kier alpha value is -6.80. The minimum absolute atomic E-state index is 0.0163. The lowest BCUT2D eigenvalue weighted by molar-refractivity contribution is -0.142. The van der Waals surface area contributed by atoms with E-state index in [1.54, 1.807) is 18.5 Å². The van der Waals surface area contributed by atoms with E-state index in [0.29, 0.717) is 37.1 Å². The predicted octanol–water partition coefficient (Wildman–Crippen LogP) is 6.08. The fourth-order valence-corrected chi connectivity index (χ4v) is 7.76. The van der Waals surface area contributed by atoms with E-state index < -0.39 is 47.9 Å². The van der Waals surface area contributed by atoms with Crippen molar-refractivity contribution in [3.63, 3.8) is 0 Å². The van der Waals surface area contributed by atoms with E-state index in [4.69, 9.17) is 5.73 Å². The van der Waals surface area contributed by atoms with E-state index in [9.17, 15) is 34.2 Å². The maximum atomic E-state index is 14.3. The number of rotatable bonds is 27. The van der Waals surface area contributed by atoms with Gasteiger partial charge in [0.1, 0.15) is 23.9 Å². The first kappa shape index (κ1) is 50.2. The van der Waals surface area contributed by atoms with E-state index in [1.165, 1.54) is 12.1 Å². The molecule has 0 radical (unpaired) electrons. The average Bonchev–Trinajstić information content (AvgIpc) is 3.77. The molecule has 0 aliphatic rings. The highest BCUT2D eigenvalue weighted by atomic mass is 16.4. The number of aromatic nitrogens is 2. The maximum absolute atomic E-state index is 14.3. The van der Waals surface area contributed by atoms with Crippen LogP contribution in [0.3, 0.4) is 0 Å². The van der Waals surface area contributed by atoms with Crippen LogP contribution in [0.15, 0.2) is 122 Å². The standard InChI is InChI=1S/C52H65N7O7/c1-3-4-5-6-13-21-47(61)54-30-15-14-20-44(56-49(62)43(53)33-41-34-59(35-55-41)48(39-16-9-7-10-17-39)40-18-11-8-12-19-40)50(63)57-45(31-37-24-22-36(2)23-25-37)51(64)58-46(52(65)66)32-38-26-28-42(60)29-27-38/h7-12,16-19,22-29,34-35,43-46,48,60H,3-6,13-15,20-21,30-33,53H2,1-2H3,(H,54,61)(H,56,62)(H,57,63)(H,58,64)(H,65,66). The second-order valence-electron chi connectivity index (χ2n) is 16.9. The Balaban J connectivity index is 1.30. The average molecular weight is 900 g/mol. The van der Waals surface area contributed by atoms with Crippen molar-refractivity contribution >= 4 is 29.6 Å². The van der Waals surface area contributed by atoms with Crippen LogP contribution in [0.5, 0.6) is 5.75 Å². The number of unbranched alkanes of at least 4 members (excludes halogenated alkanes) is 5. The summed E-state index contributed by atoms with van der Waals surface area (Å²) in [6, 6.07) is 28.4. The van der Waals surface area contributed by atoms with Gasteiger partial charge >= 0.3 is 5.97 Å². The lowest BCUT2D eigenvalue weighted by Gasteiger charge is -2.25. The Labute approximate surface area is 387 Å². The minimum Gasteiger partial charge on any atom is -0.508 e. The molecule has 4 amide bonds. The van der Waals surface area contributed by atoms with Crippen molar-refractivity contribution in [2.24, 2.45) is 5.73 Å². The second-order valence-corrected chi connectivity index (χ2v) is 16.9. The van der Waals surface area contributed by atoms with Crippen LogP contribution in [-0.2, 0) is 43.2 Å². The van der Waals surface area contributed by atoms with Crippen molar-refractivity contribution in [2.45, 2.75) is 121 Å². The van der Waals surface area contributed by atoms with Gasteiger partial charge in [0.2, 0.25) is 23.6 Å². The highest BCUT2D eigenvalue weighted by Gasteiger charge is 2.31. The molecule has 1 aromatic heterocycles. The molecule has 0 aliphatic carbocycles. The molecule has 4 aromatic carbocycles. The van der Waals surface area contributed by atoms with Crippen molar-refractivity contribution < 1.29 is 34.2 Å². The van der Waals surface area contributed by atoms with Gasteiger partial charge < -0.3 is 41.8 Å². The Morgan fingerprint density at radius 2 is 1.21 bits per heavy atom. The maximum Gasteiger partial charge on any atom is 0.326 e. The van der Waals surface area contributed by atoms with Gasteiger partial charge in [-0.25, -0.2) is 9.78 Å². The number of aliphatic carboxylic acids is 1. The number of hydrogen-bond donors (Lipinski definition) is 7. The predicted molar refractivity (Wildman–Crippen MR) is 254 cm³/mol. The van der Waals surface area contributed by atoms with Crippen LogP contribution in [0.1, 0.15) is 104 Å². The Morgan fingerprint density at radius 3 is 1.83 bits per heavy atom. The number of carbonyl (C=O) groups is 5. The van der Waals surface area contributed by atoms with E-state index in [0.717, 1.165) is 54.4 Å². The summed E-state index contributed by atoms with van der Waals surface area (Å²) in [6.45, 7) is 4.46. The molecule has 4 atom stereocenters. The van der Waals surface area contributed by atoms with Gasteiger partial charge in [-0.3, -0.25) is 19.2 Å². The fourth-order valence-electron chi connectivity index (χ4n) is 7.76. The van der Waals surface area contributed by atoms with E-state index in [2.05, 4.69) is 33.2 Å². The van der Waals surface area contributed by atoms with Gasteiger partial charge in [0.15, 0.2) is 0 Å². The van der Waals surface area contributed by atoms with E-state index in [1.807, 2.05) is 103 Å². The van der Waals surface area contributed by atoms with E-state index >= 15 is 0 Å². The Kier molecular flexibility index (Phi) is 20.0. The first-order chi connectivity index (χ1) is 31.9. The van der Waals surface area contributed by atoms with Crippen LogP contribution in [-0.4, -0.2) is 80.1 Å². The highest BCUT2D eigenvalue weighted by Crippen LogP contribution is 2.27. The number of nitrogens with zero attached hydrogens (tertiary/aromatic N) is 2. The molecule has 0 saturated carbocycles. The van der Waals surface area contributed by atoms with Crippen LogP contribution < -0.4 is 27.0 Å². The zero-order chi connectivity index (χ0) is 47.3. The number of phenols is 1. The van der Waals surface area contributed by atoms with Gasteiger partial charge in [-0.1, -0.05) is 135 Å². The molecule has 5 aromatic rings. The van der Waals surface area contributed by atoms with Gasteiger partial charge in [0.25, 0.3) is 0 Å². The second kappa shape index (κ2) is 26.2. The number of aromatic hydroxyl groups is 1. The number of carboxylic acids is 1. The molecule has 5 rings (SSSR count). The summed E-state index contributed by atoms with van der Waals surface area (Å²) < 4.78 is 1.98. The van der Waals surface area contributed by atoms with Gasteiger partial charge in [-0.05, 0) is 67.0 Å². The normalized spacial score (nSPS) is 13.0. The van der Waals surface area contributed by atoms with Gasteiger partial charge in [0.05, 0.1) is 24.1 Å². The molecule has 0 aliphatic heterocycles. The summed E-state index contributed by atoms with van der Waals surface area (Å²) in [6.07, 6.45) is 10.4. The number of benzene rings is 4. The number of nitrogens with one attached hydrogen (secondary N) is 4. The summed E-state index contributed by atoms with van der Waals surface area (Å²) in [7, 11) is 0. The Bertz CT molecular complexity index is 2250. The lowest BCUT2D eigenvalue weighted by atomic mass is 9.98. The van der Waals surface area contributed by atoms with Crippen LogP contribution in [0.4, 0.5) is 0 Å². The van der Waals surface area contributed by atoms with Crippen LogP contribution in [0.25, 0.3) is 0 Å². The zero-order valence-corrected chi connectivity index (χ0v) is 38.0. The number of carboxylic acid groups (broad SMARTS) is 1. The lowest BCUT2D eigenvalue weighted by Crippen LogP contribution is -2.58. The molecule has 0 saturated heterocycles. The van der Waals surface area contributed by atoms with Gasteiger partial charge in [-0.2, -0.15) is 0 Å². The number of aryl methyl sites for hydroxylation is 1. The third kappa shape index (κ3) is 16.3. The number of phenolic OH excluding ortho intramolecular Hbond substituents is 1. The number of nitrogens with two attached hydrogens (primary N) is 1. The molecule has 0 bridgehead atoms. The smallest absolute Gasteiger partial charge is 0.326 e. The monoisotopic (exact) mass is 899 g/mol. The van der Waals surface area contributed by atoms with Crippen LogP contribution in [0, 0.1) is 6.92 Å². The summed E-state index contributed by atoms with van der Waals surface area (Å²) in [5.41, 5.74) is 11.5. The highest BCUT2D eigenvalue weighted by molar-refractivity contribution is 5.94.